The molecule has 2 unspecified atom stereocenters. The monoisotopic (exact) mass is 327 g/mol. The smallest absolute Gasteiger partial charge is 0.310 e. The molecule has 0 aromatic heterocycles. The molecule has 0 spiro atoms. The van der Waals surface area contributed by atoms with Crippen LogP contribution >= 0.6 is 12.4 Å². The molecule has 1 aromatic rings. The maximum absolute atomic E-state index is 12.2. The number of hydrogen-bond donors (Lipinski definition) is 3. The SMILES string of the molecule is Cl.O=C(NC1CC2CCC(C1)N2)c1ccc([N+](=O)[O-])c(O)c1. The first kappa shape index (κ1) is 16.5. The van der Waals surface area contributed by atoms with Gasteiger partial charge in [0.05, 0.1) is 4.92 Å². The molecule has 2 aliphatic heterocycles. The lowest BCUT2D eigenvalue weighted by molar-refractivity contribution is -0.385. The van der Waals surface area contributed by atoms with E-state index in [0.717, 1.165) is 37.8 Å². The molecule has 0 saturated carbocycles. The number of hydrogen-bond acceptors (Lipinski definition) is 5. The van der Waals surface area contributed by atoms with Gasteiger partial charge < -0.3 is 15.7 Å². The molecule has 2 heterocycles. The Morgan fingerprint density at radius 3 is 2.50 bits per heavy atom. The molecule has 2 atom stereocenters. The van der Waals surface area contributed by atoms with E-state index < -0.39 is 16.4 Å². The van der Waals surface area contributed by atoms with Crippen LogP contribution in [-0.4, -0.2) is 34.1 Å². The number of fused-ring (bicyclic) bond motifs is 2. The van der Waals surface area contributed by atoms with Gasteiger partial charge in [-0.3, -0.25) is 14.9 Å². The summed E-state index contributed by atoms with van der Waals surface area (Å²) in [4.78, 5) is 22.1. The van der Waals surface area contributed by atoms with Crippen molar-refractivity contribution < 1.29 is 14.8 Å². The summed E-state index contributed by atoms with van der Waals surface area (Å²) in [6, 6.07) is 4.72. The minimum Gasteiger partial charge on any atom is -0.502 e. The van der Waals surface area contributed by atoms with Crippen molar-refractivity contribution in [1.82, 2.24) is 10.6 Å². The third kappa shape index (κ3) is 3.31. The van der Waals surface area contributed by atoms with E-state index >= 15 is 0 Å². The second-order valence-electron chi connectivity index (χ2n) is 5.74. The average molecular weight is 328 g/mol. The molecule has 0 radical (unpaired) electrons. The molecule has 8 heteroatoms. The molecule has 120 valence electrons. The Kier molecular flexibility index (Phi) is 4.87. The molecule has 3 rings (SSSR count). The summed E-state index contributed by atoms with van der Waals surface area (Å²) >= 11 is 0. The van der Waals surface area contributed by atoms with Gasteiger partial charge in [0.2, 0.25) is 0 Å². The van der Waals surface area contributed by atoms with Crippen molar-refractivity contribution in [3.05, 3.63) is 33.9 Å². The number of phenolic OH excluding ortho intramolecular Hbond substituents is 1. The van der Waals surface area contributed by atoms with Crippen LogP contribution in [0.4, 0.5) is 5.69 Å². The molecule has 0 aliphatic carbocycles. The number of nitrogens with zero attached hydrogens (tertiary/aromatic N) is 1. The van der Waals surface area contributed by atoms with Crippen LogP contribution in [0, 0.1) is 10.1 Å². The van der Waals surface area contributed by atoms with Crippen molar-refractivity contribution in [2.45, 2.75) is 43.8 Å². The van der Waals surface area contributed by atoms with Crippen molar-refractivity contribution in [2.75, 3.05) is 0 Å². The fourth-order valence-corrected chi connectivity index (χ4v) is 3.26. The third-order valence-electron chi connectivity index (χ3n) is 4.24. The Labute approximate surface area is 133 Å². The van der Waals surface area contributed by atoms with Crippen LogP contribution in [0.15, 0.2) is 18.2 Å². The Hall–Kier alpha value is -1.86. The molecule has 2 fully saturated rings. The Bertz CT molecular complexity index is 583. The van der Waals surface area contributed by atoms with Crippen molar-refractivity contribution >= 4 is 24.0 Å². The van der Waals surface area contributed by atoms with Crippen LogP contribution in [0.25, 0.3) is 0 Å². The lowest BCUT2D eigenvalue weighted by Gasteiger charge is -2.29. The maximum atomic E-state index is 12.2. The number of amides is 1. The van der Waals surface area contributed by atoms with Crippen LogP contribution in [0.3, 0.4) is 0 Å². The van der Waals surface area contributed by atoms with Gasteiger partial charge in [0.15, 0.2) is 5.75 Å². The first-order valence-corrected chi connectivity index (χ1v) is 7.07. The molecule has 2 aliphatic rings. The lowest BCUT2D eigenvalue weighted by Crippen LogP contribution is -2.48. The predicted octanol–water partition coefficient (Wildman–Crippen LogP) is 1.73. The van der Waals surface area contributed by atoms with Gasteiger partial charge in [-0.2, -0.15) is 0 Å². The fourth-order valence-electron chi connectivity index (χ4n) is 3.26. The largest absolute Gasteiger partial charge is 0.502 e. The number of phenols is 1. The maximum Gasteiger partial charge on any atom is 0.310 e. The first-order valence-electron chi connectivity index (χ1n) is 7.07. The molecule has 22 heavy (non-hydrogen) atoms. The van der Waals surface area contributed by atoms with Crippen molar-refractivity contribution in [1.29, 1.82) is 0 Å². The van der Waals surface area contributed by atoms with E-state index in [4.69, 9.17) is 0 Å². The Balaban J connectivity index is 0.00000176. The Morgan fingerprint density at radius 2 is 1.95 bits per heavy atom. The second kappa shape index (κ2) is 6.50. The minimum atomic E-state index is -0.679. The zero-order valence-corrected chi connectivity index (χ0v) is 12.6. The van der Waals surface area contributed by atoms with Gasteiger partial charge in [-0.15, -0.1) is 12.4 Å². The van der Waals surface area contributed by atoms with Crippen molar-refractivity contribution in [3.8, 4) is 5.75 Å². The molecule has 1 aromatic carbocycles. The highest BCUT2D eigenvalue weighted by Crippen LogP contribution is 2.28. The van der Waals surface area contributed by atoms with Gasteiger partial charge in [0.25, 0.3) is 5.91 Å². The number of carbonyl (C=O) groups is 1. The van der Waals surface area contributed by atoms with E-state index in [1.165, 1.54) is 6.07 Å². The van der Waals surface area contributed by atoms with Crippen molar-refractivity contribution in [2.24, 2.45) is 0 Å². The number of halogens is 1. The van der Waals surface area contributed by atoms with E-state index in [1.54, 1.807) is 0 Å². The van der Waals surface area contributed by atoms with E-state index in [2.05, 4.69) is 10.6 Å². The van der Waals surface area contributed by atoms with Gasteiger partial charge in [-0.1, -0.05) is 0 Å². The van der Waals surface area contributed by atoms with Gasteiger partial charge in [-0.05, 0) is 37.8 Å². The standard InChI is InChI=1S/C14H17N3O4.ClH/c18-13-5-8(1-4-12(13)17(20)21)14(19)16-11-6-9-2-3-10(7-11)15-9;/h1,4-5,9-11,15,18H,2-3,6-7H2,(H,16,19);1H. The molecule has 2 saturated heterocycles. The highest BCUT2D eigenvalue weighted by Gasteiger charge is 2.34. The van der Waals surface area contributed by atoms with Gasteiger partial charge in [0.1, 0.15) is 0 Å². The van der Waals surface area contributed by atoms with Crippen molar-refractivity contribution in [3.63, 3.8) is 0 Å². The van der Waals surface area contributed by atoms with Crippen LogP contribution in [0.5, 0.6) is 5.75 Å². The van der Waals surface area contributed by atoms with Crippen LogP contribution < -0.4 is 10.6 Å². The number of piperidine rings is 1. The summed E-state index contributed by atoms with van der Waals surface area (Å²) in [7, 11) is 0. The number of nitro groups is 1. The van der Waals surface area contributed by atoms with E-state index in [0.29, 0.717) is 12.1 Å². The summed E-state index contributed by atoms with van der Waals surface area (Å²) in [5.74, 6) is -0.787. The number of nitrogens with one attached hydrogen (secondary N) is 2. The zero-order valence-electron chi connectivity index (χ0n) is 11.8. The molecule has 7 nitrogen and oxygen atoms in total. The van der Waals surface area contributed by atoms with E-state index in [9.17, 15) is 20.0 Å². The summed E-state index contributed by atoms with van der Waals surface area (Å²) in [6.45, 7) is 0. The number of rotatable bonds is 3. The first-order chi connectivity index (χ1) is 10.0. The van der Waals surface area contributed by atoms with Gasteiger partial charge in [0, 0.05) is 29.8 Å². The molecule has 1 amide bonds. The van der Waals surface area contributed by atoms with Crippen LogP contribution in [0.2, 0.25) is 0 Å². The Morgan fingerprint density at radius 1 is 1.32 bits per heavy atom. The zero-order chi connectivity index (χ0) is 15.0. The molecular weight excluding hydrogens is 310 g/mol. The average Bonchev–Trinajstić information content (AvgIpc) is 2.77. The predicted molar refractivity (Wildman–Crippen MR) is 82.4 cm³/mol. The fraction of sp³-hybridized carbons (Fsp3) is 0.500. The summed E-state index contributed by atoms with van der Waals surface area (Å²) < 4.78 is 0. The van der Waals surface area contributed by atoms with Crippen LogP contribution in [0.1, 0.15) is 36.0 Å². The molecule has 3 N–H and O–H groups in total. The third-order valence-corrected chi connectivity index (χ3v) is 4.24. The molecule has 2 bridgehead atoms. The van der Waals surface area contributed by atoms with Crippen LogP contribution in [-0.2, 0) is 0 Å². The van der Waals surface area contributed by atoms with E-state index in [-0.39, 0.29) is 29.9 Å². The molecular formula is C14H18ClN3O4. The summed E-state index contributed by atoms with van der Waals surface area (Å²) in [6.07, 6.45) is 4.10. The van der Waals surface area contributed by atoms with Gasteiger partial charge >= 0.3 is 5.69 Å². The minimum absolute atomic E-state index is 0. The topological polar surface area (TPSA) is 104 Å². The normalized spacial score (nSPS) is 26.1. The van der Waals surface area contributed by atoms with Gasteiger partial charge in [-0.25, -0.2) is 0 Å². The lowest BCUT2D eigenvalue weighted by atomic mass is 9.99. The number of benzene rings is 1. The summed E-state index contributed by atoms with van der Waals surface area (Å²) in [5.41, 5.74) is -0.157. The van der Waals surface area contributed by atoms with E-state index in [1.807, 2.05) is 0 Å². The summed E-state index contributed by atoms with van der Waals surface area (Å²) in [5, 5.41) is 26.7. The number of nitro benzene ring substituents is 1. The quantitative estimate of drug-likeness (QED) is 0.579. The highest BCUT2D eigenvalue weighted by molar-refractivity contribution is 5.95. The number of aromatic hydroxyl groups is 1. The number of carbonyl (C=O) groups excluding carboxylic acids is 1. The second-order valence-corrected chi connectivity index (χ2v) is 5.74. The highest BCUT2D eigenvalue weighted by atomic mass is 35.5.